The van der Waals surface area contributed by atoms with Gasteiger partial charge >= 0.3 is 5.97 Å². The molecule has 1 aromatic rings. The highest BCUT2D eigenvalue weighted by Crippen LogP contribution is 2.22. The second-order valence-corrected chi connectivity index (χ2v) is 3.96. The lowest BCUT2D eigenvalue weighted by Gasteiger charge is -2.04. The van der Waals surface area contributed by atoms with Gasteiger partial charge in [-0.3, -0.25) is 4.79 Å². The Morgan fingerprint density at radius 1 is 1.33 bits per heavy atom. The van der Waals surface area contributed by atoms with Crippen LogP contribution in [0, 0.1) is 11.6 Å². The van der Waals surface area contributed by atoms with E-state index in [9.17, 15) is 13.6 Å². The number of rotatable bonds is 4. The van der Waals surface area contributed by atoms with Crippen LogP contribution < -0.4 is 0 Å². The van der Waals surface area contributed by atoms with E-state index >= 15 is 0 Å². The third kappa shape index (κ3) is 3.58. The van der Waals surface area contributed by atoms with Crippen molar-refractivity contribution in [2.45, 2.75) is 19.3 Å². The van der Waals surface area contributed by atoms with Crippen LogP contribution in [0.25, 0.3) is 0 Å². The van der Waals surface area contributed by atoms with Crippen LogP contribution in [-0.4, -0.2) is 11.1 Å². The SMILES string of the molecule is O=C(O)CCCc1cc(F)c(F)cc1Br. The zero-order valence-corrected chi connectivity index (χ0v) is 9.35. The highest BCUT2D eigenvalue weighted by Gasteiger charge is 2.08. The van der Waals surface area contributed by atoms with Crippen molar-refractivity contribution in [3.05, 3.63) is 33.8 Å². The minimum absolute atomic E-state index is 0.0193. The molecule has 0 heterocycles. The molecule has 0 aliphatic rings. The van der Waals surface area contributed by atoms with Gasteiger partial charge in [0.05, 0.1) is 0 Å². The quantitative estimate of drug-likeness (QED) is 0.860. The number of carboxylic acids is 1. The van der Waals surface area contributed by atoms with Gasteiger partial charge in [-0.1, -0.05) is 15.9 Å². The van der Waals surface area contributed by atoms with Gasteiger partial charge in [-0.05, 0) is 30.5 Å². The Hall–Kier alpha value is -0.970. The summed E-state index contributed by atoms with van der Waals surface area (Å²) in [6, 6.07) is 2.13. The van der Waals surface area contributed by atoms with Crippen LogP contribution >= 0.6 is 15.9 Å². The van der Waals surface area contributed by atoms with Crippen LogP contribution in [-0.2, 0) is 11.2 Å². The molecule has 5 heteroatoms. The van der Waals surface area contributed by atoms with Crippen molar-refractivity contribution in [1.82, 2.24) is 0 Å². The third-order valence-corrected chi connectivity index (χ3v) is 2.66. The topological polar surface area (TPSA) is 37.3 Å². The normalized spacial score (nSPS) is 10.3. The number of hydrogen-bond donors (Lipinski definition) is 1. The molecule has 1 rings (SSSR count). The molecule has 2 nitrogen and oxygen atoms in total. The molecule has 1 aromatic carbocycles. The van der Waals surface area contributed by atoms with Gasteiger partial charge in [0.15, 0.2) is 11.6 Å². The lowest BCUT2D eigenvalue weighted by atomic mass is 10.1. The van der Waals surface area contributed by atoms with Gasteiger partial charge in [-0.25, -0.2) is 8.78 Å². The summed E-state index contributed by atoms with van der Waals surface area (Å²) >= 11 is 3.09. The third-order valence-electron chi connectivity index (χ3n) is 1.93. The van der Waals surface area contributed by atoms with Crippen molar-refractivity contribution in [2.75, 3.05) is 0 Å². The average Bonchev–Trinajstić information content (AvgIpc) is 2.13. The van der Waals surface area contributed by atoms with E-state index in [2.05, 4.69) is 15.9 Å². The fourth-order valence-corrected chi connectivity index (χ4v) is 1.70. The first-order chi connectivity index (χ1) is 7.00. The molecule has 0 atom stereocenters. The van der Waals surface area contributed by atoms with E-state index in [1.807, 2.05) is 0 Å². The molecular weight excluding hydrogens is 270 g/mol. The van der Waals surface area contributed by atoms with Crippen molar-refractivity contribution in [2.24, 2.45) is 0 Å². The maximum Gasteiger partial charge on any atom is 0.303 e. The van der Waals surface area contributed by atoms with Crippen LogP contribution in [0.1, 0.15) is 18.4 Å². The summed E-state index contributed by atoms with van der Waals surface area (Å²) < 4.78 is 26.0. The minimum Gasteiger partial charge on any atom is -0.481 e. The van der Waals surface area contributed by atoms with E-state index < -0.39 is 17.6 Å². The molecule has 0 spiro atoms. The monoisotopic (exact) mass is 278 g/mol. The molecule has 1 N–H and O–H groups in total. The number of aryl methyl sites for hydroxylation is 1. The Morgan fingerprint density at radius 3 is 2.53 bits per heavy atom. The maximum atomic E-state index is 12.8. The molecule has 0 aliphatic carbocycles. The van der Waals surface area contributed by atoms with Crippen LogP contribution in [0.15, 0.2) is 16.6 Å². The first kappa shape index (κ1) is 12.1. The van der Waals surface area contributed by atoms with Gasteiger partial charge in [-0.2, -0.15) is 0 Å². The predicted octanol–water partition coefficient (Wildman–Crippen LogP) is 3.13. The number of aliphatic carboxylic acids is 1. The molecule has 0 saturated carbocycles. The Labute approximate surface area is 94.0 Å². The summed E-state index contributed by atoms with van der Waals surface area (Å²) in [7, 11) is 0. The van der Waals surface area contributed by atoms with Crippen LogP contribution in [0.2, 0.25) is 0 Å². The van der Waals surface area contributed by atoms with Crippen molar-refractivity contribution in [3.8, 4) is 0 Å². The van der Waals surface area contributed by atoms with Gasteiger partial charge < -0.3 is 5.11 Å². The van der Waals surface area contributed by atoms with Crippen molar-refractivity contribution in [3.63, 3.8) is 0 Å². The van der Waals surface area contributed by atoms with E-state index in [0.717, 1.165) is 12.1 Å². The van der Waals surface area contributed by atoms with Crippen molar-refractivity contribution in [1.29, 1.82) is 0 Å². The standard InChI is InChI=1S/C10H9BrF2O2/c11-7-5-9(13)8(12)4-6(7)2-1-3-10(14)15/h4-5H,1-3H2,(H,14,15). The lowest BCUT2D eigenvalue weighted by Crippen LogP contribution is -1.97. The van der Waals surface area contributed by atoms with Crippen molar-refractivity contribution >= 4 is 21.9 Å². The number of hydrogen-bond acceptors (Lipinski definition) is 1. The first-order valence-electron chi connectivity index (χ1n) is 4.36. The maximum absolute atomic E-state index is 12.8. The van der Waals surface area contributed by atoms with Crippen LogP contribution in [0.4, 0.5) is 8.78 Å². The van der Waals surface area contributed by atoms with Crippen LogP contribution in [0.5, 0.6) is 0 Å². The summed E-state index contributed by atoms with van der Waals surface area (Å²) in [6.07, 6.45) is 0.828. The molecule has 0 aliphatic heterocycles. The van der Waals surface area contributed by atoms with Gasteiger partial charge in [0.1, 0.15) is 0 Å². The van der Waals surface area contributed by atoms with Gasteiger partial charge in [-0.15, -0.1) is 0 Å². The summed E-state index contributed by atoms with van der Waals surface area (Å²) in [5.74, 6) is -2.72. The Bertz CT molecular complexity index is 380. The number of carbonyl (C=O) groups is 1. The molecular formula is C10H9BrF2O2. The van der Waals surface area contributed by atoms with E-state index in [-0.39, 0.29) is 6.42 Å². The zero-order valence-electron chi connectivity index (χ0n) is 7.77. The second kappa shape index (κ2) is 5.21. The Balaban J connectivity index is 2.69. The molecule has 0 unspecified atom stereocenters. The number of carboxylic acid groups (broad SMARTS) is 1. The van der Waals surface area contributed by atoms with Gasteiger partial charge in [0, 0.05) is 10.9 Å². The molecule has 0 amide bonds. The van der Waals surface area contributed by atoms with E-state index in [1.165, 1.54) is 0 Å². The van der Waals surface area contributed by atoms with Crippen LogP contribution in [0.3, 0.4) is 0 Å². The largest absolute Gasteiger partial charge is 0.481 e. The fraction of sp³-hybridized carbons (Fsp3) is 0.300. The second-order valence-electron chi connectivity index (χ2n) is 3.11. The molecule has 0 aromatic heterocycles. The van der Waals surface area contributed by atoms with Gasteiger partial charge in [0.25, 0.3) is 0 Å². The summed E-state index contributed by atoms with van der Waals surface area (Å²) in [5, 5.41) is 8.41. The predicted molar refractivity (Wildman–Crippen MR) is 54.6 cm³/mol. The smallest absolute Gasteiger partial charge is 0.303 e. The molecule has 15 heavy (non-hydrogen) atoms. The minimum atomic E-state index is -0.913. The summed E-state index contributed by atoms with van der Waals surface area (Å²) in [4.78, 5) is 10.2. The Morgan fingerprint density at radius 2 is 1.93 bits per heavy atom. The van der Waals surface area contributed by atoms with Gasteiger partial charge in [0.2, 0.25) is 0 Å². The molecule has 0 fully saturated rings. The first-order valence-corrected chi connectivity index (χ1v) is 5.15. The number of halogens is 3. The zero-order chi connectivity index (χ0) is 11.4. The summed E-state index contributed by atoms with van der Waals surface area (Å²) in [6.45, 7) is 0. The molecule has 0 bridgehead atoms. The Kier molecular flexibility index (Phi) is 4.20. The van der Waals surface area contributed by atoms with Crippen molar-refractivity contribution < 1.29 is 18.7 Å². The average molecular weight is 279 g/mol. The van der Waals surface area contributed by atoms with E-state index in [1.54, 1.807) is 0 Å². The fourth-order valence-electron chi connectivity index (χ4n) is 1.19. The highest BCUT2D eigenvalue weighted by molar-refractivity contribution is 9.10. The van der Waals surface area contributed by atoms with E-state index in [0.29, 0.717) is 22.9 Å². The number of benzene rings is 1. The van der Waals surface area contributed by atoms with E-state index in [4.69, 9.17) is 5.11 Å². The molecule has 0 radical (unpaired) electrons. The summed E-state index contributed by atoms with van der Waals surface area (Å²) in [5.41, 5.74) is 0.579. The highest BCUT2D eigenvalue weighted by atomic mass is 79.9. The molecule has 0 saturated heterocycles. The molecule has 82 valence electrons. The lowest BCUT2D eigenvalue weighted by molar-refractivity contribution is -0.137.